The fourth-order valence-electron chi connectivity index (χ4n) is 0.387. The van der Waals surface area contributed by atoms with E-state index >= 15 is 0 Å². The van der Waals surface area contributed by atoms with Gasteiger partial charge >= 0.3 is 0 Å². The second-order valence-corrected chi connectivity index (χ2v) is 3.04. The van der Waals surface area contributed by atoms with Crippen LogP contribution in [0, 0.1) is 0 Å². The lowest BCUT2D eigenvalue weighted by Gasteiger charge is -1.93. The van der Waals surface area contributed by atoms with Crippen LogP contribution in [-0.2, 0) is 0 Å². The van der Waals surface area contributed by atoms with E-state index < -0.39 is 0 Å². The maximum Gasteiger partial charge on any atom is 0.202 e. The fraction of sp³-hybridized carbons (Fsp3) is 1.00. The minimum atomic E-state index is 0.548. The summed E-state index contributed by atoms with van der Waals surface area (Å²) >= 11 is 8.26. The zero-order chi connectivity index (χ0) is 5.70. The molecule has 0 nitrogen and oxygen atoms in total. The summed E-state index contributed by atoms with van der Waals surface area (Å²) in [5.41, 5.74) is 0. The van der Waals surface area contributed by atoms with Crippen molar-refractivity contribution in [2.45, 2.75) is 19.6 Å². The van der Waals surface area contributed by atoms with E-state index in [0.717, 1.165) is 5.75 Å². The minimum absolute atomic E-state index is 0.548. The summed E-state index contributed by atoms with van der Waals surface area (Å²) in [5, 5.41) is 0. The van der Waals surface area contributed by atoms with Crippen molar-refractivity contribution in [3.63, 3.8) is 0 Å². The highest BCUT2D eigenvalue weighted by Crippen LogP contribution is 2.00. The van der Waals surface area contributed by atoms with Gasteiger partial charge in [-0.05, 0) is 5.75 Å². The normalized spacial score (nSPS) is 9.00. The summed E-state index contributed by atoms with van der Waals surface area (Å²) in [6.07, 6.45) is 2.38. The topological polar surface area (TPSA) is 0 Å². The highest BCUT2D eigenvalue weighted by molar-refractivity contribution is 8.10. The van der Waals surface area contributed by atoms with E-state index in [0.29, 0.717) is 5.99 Å². The van der Waals surface area contributed by atoms with Crippen LogP contribution < -0.4 is 0 Å². The summed E-state index contributed by atoms with van der Waals surface area (Å²) in [6.45, 7) is 2.10. The molecular formula is C4H11BS2. The Hall–Kier alpha value is 0.765. The van der Waals surface area contributed by atoms with Gasteiger partial charge in [0.2, 0.25) is 5.99 Å². The number of rotatable bonds is 3. The van der Waals surface area contributed by atoms with Gasteiger partial charge in [-0.3, -0.25) is 0 Å². The third-order valence-electron chi connectivity index (χ3n) is 0.780. The van der Waals surface area contributed by atoms with E-state index in [-0.39, 0.29) is 0 Å². The minimum Gasteiger partial charge on any atom is -0.227 e. The number of hydrogen-bond donors (Lipinski definition) is 2. The van der Waals surface area contributed by atoms with Crippen molar-refractivity contribution >= 4 is 31.1 Å². The molecule has 42 valence electrons. The molecule has 0 bridgehead atoms. The van der Waals surface area contributed by atoms with Gasteiger partial charge in [0.25, 0.3) is 0 Å². The summed E-state index contributed by atoms with van der Waals surface area (Å²) in [4.78, 5) is 0. The predicted molar refractivity (Wildman–Crippen MR) is 43.9 cm³/mol. The first-order valence-electron chi connectivity index (χ1n) is 2.56. The van der Waals surface area contributed by atoms with Gasteiger partial charge in [0.15, 0.2) is 0 Å². The van der Waals surface area contributed by atoms with Crippen LogP contribution in [0.1, 0.15) is 6.42 Å². The maximum absolute atomic E-state index is 4.20. The molecule has 0 aromatic rings. The van der Waals surface area contributed by atoms with E-state index in [9.17, 15) is 0 Å². The average molecular weight is 134 g/mol. The van der Waals surface area contributed by atoms with Gasteiger partial charge in [-0.25, -0.2) is 12.5 Å². The molecule has 0 fully saturated rings. The monoisotopic (exact) mass is 134 g/mol. The van der Waals surface area contributed by atoms with Crippen LogP contribution in [0.4, 0.5) is 0 Å². The van der Waals surface area contributed by atoms with Crippen LogP contribution in [0.2, 0.25) is 13.1 Å². The molecule has 0 unspecified atom stereocenters. The second kappa shape index (κ2) is 4.91. The summed E-state index contributed by atoms with van der Waals surface area (Å²) in [5.74, 6) is 1.54. The molecule has 7 heavy (non-hydrogen) atoms. The zero-order valence-electron chi connectivity index (χ0n) is 4.59. The highest BCUT2D eigenvalue weighted by atomic mass is 32.1. The number of thiol groups is 2. The molecule has 0 spiro atoms. The molecule has 0 aromatic carbocycles. The van der Waals surface area contributed by atoms with Crippen molar-refractivity contribution in [2.75, 3.05) is 5.75 Å². The van der Waals surface area contributed by atoms with E-state index in [1.807, 2.05) is 0 Å². The van der Waals surface area contributed by atoms with Crippen molar-refractivity contribution in [1.29, 1.82) is 0 Å². The zero-order valence-corrected chi connectivity index (χ0v) is 6.38. The Morgan fingerprint density at radius 3 is 2.29 bits per heavy atom. The van der Waals surface area contributed by atoms with Crippen molar-refractivity contribution in [2.24, 2.45) is 0 Å². The molecular weight excluding hydrogens is 123 g/mol. The highest BCUT2D eigenvalue weighted by Gasteiger charge is 1.95. The summed E-state index contributed by atoms with van der Waals surface area (Å²) < 4.78 is 0. The molecule has 0 radical (unpaired) electrons. The van der Waals surface area contributed by atoms with Crippen LogP contribution in [0.15, 0.2) is 0 Å². The maximum atomic E-state index is 4.20. The molecule has 0 aliphatic heterocycles. The second-order valence-electron chi connectivity index (χ2n) is 1.71. The lowest BCUT2D eigenvalue weighted by molar-refractivity contribution is 1.09. The van der Waals surface area contributed by atoms with Gasteiger partial charge in [0.05, 0.1) is 0 Å². The van der Waals surface area contributed by atoms with E-state index in [1.165, 1.54) is 12.7 Å². The molecule has 0 atom stereocenters. The van der Waals surface area contributed by atoms with Crippen LogP contribution in [0.25, 0.3) is 0 Å². The van der Waals surface area contributed by atoms with Crippen molar-refractivity contribution in [3.8, 4) is 0 Å². The smallest absolute Gasteiger partial charge is 0.202 e. The molecule has 0 N–H and O–H groups in total. The van der Waals surface area contributed by atoms with Gasteiger partial charge in [-0.2, -0.15) is 12.6 Å². The van der Waals surface area contributed by atoms with Crippen LogP contribution >= 0.6 is 25.1 Å². The summed E-state index contributed by atoms with van der Waals surface area (Å²) in [7, 11) is 0. The molecule has 0 aliphatic carbocycles. The molecule has 0 heterocycles. The quantitative estimate of drug-likeness (QED) is 0.427. The van der Waals surface area contributed by atoms with E-state index in [1.54, 1.807) is 0 Å². The van der Waals surface area contributed by atoms with Gasteiger partial charge in [-0.1, -0.05) is 19.6 Å². The molecule has 0 aromatic heterocycles. The van der Waals surface area contributed by atoms with Gasteiger partial charge in [-0.15, -0.1) is 0 Å². The summed E-state index contributed by atoms with van der Waals surface area (Å²) in [6, 6.07) is 0. The van der Waals surface area contributed by atoms with E-state index in [4.69, 9.17) is 0 Å². The first-order chi connectivity index (χ1) is 3.27. The first kappa shape index (κ1) is 7.76. The Balaban J connectivity index is 2.68. The third-order valence-corrected chi connectivity index (χ3v) is 1.35. The predicted octanol–water partition coefficient (Wildman–Crippen LogP) is 1.86. The molecule has 0 amide bonds. The molecule has 3 heteroatoms. The standard InChI is InChI=1S/C4H11BS2/c1-5(7)3-2-4-6/h6-7H,2-4H2,1H3. The van der Waals surface area contributed by atoms with Crippen molar-refractivity contribution in [3.05, 3.63) is 0 Å². The Bertz CT molecular complexity index is 38.7. The molecule has 0 saturated carbocycles. The lowest BCUT2D eigenvalue weighted by atomic mass is 9.74. The fourth-order valence-corrected chi connectivity index (χ4v) is 0.752. The Kier molecular flexibility index (Phi) is 5.45. The largest absolute Gasteiger partial charge is 0.227 e. The number of hydrogen-bond acceptors (Lipinski definition) is 2. The third kappa shape index (κ3) is 6.76. The Labute approximate surface area is 56.9 Å². The van der Waals surface area contributed by atoms with Crippen LogP contribution in [0.5, 0.6) is 0 Å². The van der Waals surface area contributed by atoms with Gasteiger partial charge in [0.1, 0.15) is 0 Å². The van der Waals surface area contributed by atoms with Crippen LogP contribution in [-0.4, -0.2) is 11.7 Å². The molecule has 0 saturated heterocycles. The van der Waals surface area contributed by atoms with Crippen molar-refractivity contribution in [1.82, 2.24) is 0 Å². The van der Waals surface area contributed by atoms with Crippen molar-refractivity contribution < 1.29 is 0 Å². The Morgan fingerprint density at radius 1 is 1.57 bits per heavy atom. The molecule has 0 aliphatic rings. The van der Waals surface area contributed by atoms with Gasteiger partial charge in [0, 0.05) is 0 Å². The van der Waals surface area contributed by atoms with E-state index in [2.05, 4.69) is 31.9 Å². The van der Waals surface area contributed by atoms with Crippen LogP contribution in [0.3, 0.4) is 0 Å². The first-order valence-corrected chi connectivity index (χ1v) is 3.71. The van der Waals surface area contributed by atoms with Gasteiger partial charge < -0.3 is 0 Å². The SMILES string of the molecule is CB(S)CCCS. The lowest BCUT2D eigenvalue weighted by Crippen LogP contribution is -1.94. The Morgan fingerprint density at radius 2 is 2.14 bits per heavy atom. The average Bonchev–Trinajstić information content (AvgIpc) is 1.61. The molecule has 0 rings (SSSR count).